The Hall–Kier alpha value is -2.15. The third-order valence-electron chi connectivity index (χ3n) is 2.36. The lowest BCUT2D eigenvalue weighted by Gasteiger charge is -2.06. The van der Waals surface area contributed by atoms with Crippen LogP contribution in [0.2, 0.25) is 0 Å². The molecular formula is C12H10BrN3O3. The molecule has 0 saturated carbocycles. The Balaban J connectivity index is 2.30. The lowest BCUT2D eigenvalue weighted by atomic mass is 10.2. The van der Waals surface area contributed by atoms with Crippen LogP contribution in [0.5, 0.6) is 0 Å². The van der Waals surface area contributed by atoms with E-state index in [9.17, 15) is 14.4 Å². The van der Waals surface area contributed by atoms with Gasteiger partial charge in [0.25, 0.3) is 11.5 Å². The number of H-pyrrole nitrogens is 2. The minimum Gasteiger partial charge on any atom is -0.322 e. The summed E-state index contributed by atoms with van der Waals surface area (Å²) in [5.41, 5.74) is -0.0208. The summed E-state index contributed by atoms with van der Waals surface area (Å²) in [5, 5.41) is 2.59. The molecule has 0 aliphatic rings. The van der Waals surface area contributed by atoms with Crippen LogP contribution in [0, 0.1) is 6.92 Å². The Morgan fingerprint density at radius 2 is 2.00 bits per heavy atom. The topological polar surface area (TPSA) is 94.8 Å². The first-order chi connectivity index (χ1) is 8.95. The van der Waals surface area contributed by atoms with Gasteiger partial charge in [0.1, 0.15) is 5.56 Å². The molecule has 1 aromatic carbocycles. The molecule has 6 nitrogen and oxygen atoms in total. The van der Waals surface area contributed by atoms with Crippen molar-refractivity contribution in [1.29, 1.82) is 0 Å². The lowest BCUT2D eigenvalue weighted by molar-refractivity contribution is 0.102. The van der Waals surface area contributed by atoms with E-state index in [1.165, 1.54) is 0 Å². The minimum atomic E-state index is -0.729. The van der Waals surface area contributed by atoms with Crippen LogP contribution in [0.25, 0.3) is 0 Å². The van der Waals surface area contributed by atoms with E-state index in [1.807, 2.05) is 18.0 Å². The van der Waals surface area contributed by atoms with Gasteiger partial charge in [-0.25, -0.2) is 4.79 Å². The molecule has 1 aromatic heterocycles. The van der Waals surface area contributed by atoms with Gasteiger partial charge < -0.3 is 10.3 Å². The van der Waals surface area contributed by atoms with Gasteiger partial charge in [-0.3, -0.25) is 14.6 Å². The summed E-state index contributed by atoms with van der Waals surface area (Å²) in [5.74, 6) is -0.588. The predicted molar refractivity (Wildman–Crippen MR) is 74.5 cm³/mol. The smallest absolute Gasteiger partial charge is 0.322 e. The summed E-state index contributed by atoms with van der Waals surface area (Å²) in [4.78, 5) is 38.5. The maximum absolute atomic E-state index is 11.9. The number of carbonyl (C=O) groups excluding carboxylic acids is 1. The standard InChI is InChI=1S/C12H10BrN3O3/c1-6-2-7(13)4-8(3-6)15-10(17)9-5-14-12(19)16-11(9)18/h2-5H,1H3,(H,15,17)(H2,14,16,18,19). The fourth-order valence-electron chi connectivity index (χ4n) is 1.59. The van der Waals surface area contributed by atoms with E-state index >= 15 is 0 Å². The maximum Gasteiger partial charge on any atom is 0.325 e. The number of amides is 1. The van der Waals surface area contributed by atoms with E-state index in [1.54, 1.807) is 12.1 Å². The number of benzene rings is 1. The van der Waals surface area contributed by atoms with Crippen molar-refractivity contribution in [3.63, 3.8) is 0 Å². The SMILES string of the molecule is Cc1cc(Br)cc(NC(=O)c2c[nH]c(=O)[nH]c2=O)c1. The fraction of sp³-hybridized carbons (Fsp3) is 0.0833. The van der Waals surface area contributed by atoms with E-state index in [0.29, 0.717) is 5.69 Å². The number of nitrogens with one attached hydrogen (secondary N) is 3. The van der Waals surface area contributed by atoms with Crippen molar-refractivity contribution >= 4 is 27.5 Å². The molecule has 19 heavy (non-hydrogen) atoms. The highest BCUT2D eigenvalue weighted by atomic mass is 79.9. The monoisotopic (exact) mass is 323 g/mol. The van der Waals surface area contributed by atoms with Crippen LogP contribution in [0.1, 0.15) is 15.9 Å². The van der Waals surface area contributed by atoms with Gasteiger partial charge in [-0.15, -0.1) is 0 Å². The molecule has 0 radical (unpaired) electrons. The number of aromatic nitrogens is 2. The Morgan fingerprint density at radius 1 is 1.26 bits per heavy atom. The molecule has 0 bridgehead atoms. The van der Waals surface area contributed by atoms with Gasteiger partial charge >= 0.3 is 5.69 Å². The number of hydrogen-bond acceptors (Lipinski definition) is 3. The van der Waals surface area contributed by atoms with Gasteiger partial charge in [-0.1, -0.05) is 15.9 Å². The molecule has 0 saturated heterocycles. The molecule has 1 heterocycles. The van der Waals surface area contributed by atoms with Crippen molar-refractivity contribution in [3.05, 3.63) is 60.8 Å². The number of aromatic amines is 2. The zero-order chi connectivity index (χ0) is 14.0. The van der Waals surface area contributed by atoms with Crippen molar-refractivity contribution < 1.29 is 4.79 Å². The Morgan fingerprint density at radius 3 is 2.63 bits per heavy atom. The summed E-state index contributed by atoms with van der Waals surface area (Å²) < 4.78 is 0.818. The number of aryl methyl sites for hydroxylation is 1. The van der Waals surface area contributed by atoms with Crippen LogP contribution in [0.3, 0.4) is 0 Å². The fourth-order valence-corrected chi connectivity index (χ4v) is 2.19. The molecule has 2 rings (SSSR count). The highest BCUT2D eigenvalue weighted by Crippen LogP contribution is 2.19. The van der Waals surface area contributed by atoms with Crippen LogP contribution >= 0.6 is 15.9 Å². The van der Waals surface area contributed by atoms with E-state index < -0.39 is 17.2 Å². The number of anilines is 1. The molecule has 0 aliphatic carbocycles. The summed E-state index contributed by atoms with van der Waals surface area (Å²) in [6.45, 7) is 1.88. The van der Waals surface area contributed by atoms with Crippen LogP contribution in [-0.2, 0) is 0 Å². The van der Waals surface area contributed by atoms with Gasteiger partial charge in [-0.05, 0) is 30.7 Å². The van der Waals surface area contributed by atoms with Crippen LogP contribution in [0.4, 0.5) is 5.69 Å². The van der Waals surface area contributed by atoms with Gasteiger partial charge in [0.15, 0.2) is 0 Å². The van der Waals surface area contributed by atoms with E-state index in [0.717, 1.165) is 16.2 Å². The molecule has 3 N–H and O–H groups in total. The molecule has 0 aliphatic heterocycles. The van der Waals surface area contributed by atoms with Crippen LogP contribution in [-0.4, -0.2) is 15.9 Å². The highest BCUT2D eigenvalue weighted by Gasteiger charge is 2.11. The van der Waals surface area contributed by atoms with Gasteiger partial charge in [-0.2, -0.15) is 0 Å². The Labute approximate surface area is 116 Å². The molecule has 0 atom stereocenters. The molecule has 0 unspecified atom stereocenters. The first-order valence-corrected chi connectivity index (χ1v) is 6.15. The molecule has 2 aromatic rings. The molecular weight excluding hydrogens is 314 g/mol. The first kappa shape index (κ1) is 13.3. The zero-order valence-electron chi connectivity index (χ0n) is 9.91. The quantitative estimate of drug-likeness (QED) is 0.779. The number of rotatable bonds is 2. The van der Waals surface area contributed by atoms with Crippen molar-refractivity contribution in [2.45, 2.75) is 6.92 Å². The van der Waals surface area contributed by atoms with Crippen LogP contribution < -0.4 is 16.6 Å². The average molecular weight is 324 g/mol. The molecule has 98 valence electrons. The van der Waals surface area contributed by atoms with E-state index in [2.05, 4.69) is 26.2 Å². The summed E-state index contributed by atoms with van der Waals surface area (Å²) in [7, 11) is 0. The zero-order valence-corrected chi connectivity index (χ0v) is 11.5. The largest absolute Gasteiger partial charge is 0.325 e. The normalized spacial score (nSPS) is 10.2. The second-order valence-corrected chi connectivity index (χ2v) is 4.87. The van der Waals surface area contributed by atoms with Crippen LogP contribution in [0.15, 0.2) is 38.5 Å². The molecule has 0 spiro atoms. The first-order valence-electron chi connectivity index (χ1n) is 5.36. The predicted octanol–water partition coefficient (Wildman–Crippen LogP) is 1.39. The second kappa shape index (κ2) is 5.23. The van der Waals surface area contributed by atoms with E-state index in [-0.39, 0.29) is 5.56 Å². The van der Waals surface area contributed by atoms with Gasteiger partial charge in [0.2, 0.25) is 0 Å². The number of halogens is 1. The summed E-state index contributed by atoms with van der Waals surface area (Å²) in [6, 6.07) is 5.37. The molecule has 1 amide bonds. The van der Waals surface area contributed by atoms with E-state index in [4.69, 9.17) is 0 Å². The van der Waals surface area contributed by atoms with Crippen molar-refractivity contribution in [2.75, 3.05) is 5.32 Å². The highest BCUT2D eigenvalue weighted by molar-refractivity contribution is 9.10. The number of hydrogen-bond donors (Lipinski definition) is 3. The summed E-state index contributed by atoms with van der Waals surface area (Å²) in [6.07, 6.45) is 1.08. The van der Waals surface area contributed by atoms with Gasteiger partial charge in [0, 0.05) is 16.4 Å². The molecule has 0 fully saturated rings. The van der Waals surface area contributed by atoms with Crippen molar-refractivity contribution in [1.82, 2.24) is 9.97 Å². The second-order valence-electron chi connectivity index (χ2n) is 3.96. The molecule has 7 heteroatoms. The minimum absolute atomic E-state index is 0.155. The average Bonchev–Trinajstić information content (AvgIpc) is 2.26. The third-order valence-corrected chi connectivity index (χ3v) is 2.82. The van der Waals surface area contributed by atoms with Gasteiger partial charge in [0.05, 0.1) is 0 Å². The summed E-state index contributed by atoms with van der Waals surface area (Å²) >= 11 is 3.32. The Bertz CT molecular complexity index is 728. The Kier molecular flexibility index (Phi) is 3.66. The number of carbonyl (C=O) groups is 1. The lowest BCUT2D eigenvalue weighted by Crippen LogP contribution is -2.29. The van der Waals surface area contributed by atoms with Crippen molar-refractivity contribution in [2.24, 2.45) is 0 Å². The van der Waals surface area contributed by atoms with Crippen molar-refractivity contribution in [3.8, 4) is 0 Å². The maximum atomic E-state index is 11.9. The third kappa shape index (κ3) is 3.19.